The third kappa shape index (κ3) is 3.56. The molecular formula is C15H19NO3. The van der Waals surface area contributed by atoms with Crippen LogP contribution in [0.25, 0.3) is 0 Å². The average molecular weight is 261 g/mol. The number of carboxylic acids is 1. The average Bonchev–Trinajstić information content (AvgIpc) is 2.33. The Balaban J connectivity index is 1.75. The van der Waals surface area contributed by atoms with Crippen LogP contribution >= 0.6 is 0 Å². The van der Waals surface area contributed by atoms with Gasteiger partial charge in [-0.3, -0.25) is 9.59 Å². The van der Waals surface area contributed by atoms with E-state index in [0.29, 0.717) is 19.3 Å². The number of nitrogens with one attached hydrogen (secondary N) is 1. The lowest BCUT2D eigenvalue weighted by atomic mass is 9.80. The lowest BCUT2D eigenvalue weighted by molar-refractivity contribution is -0.146. The molecule has 0 bridgehead atoms. The van der Waals surface area contributed by atoms with E-state index in [2.05, 4.69) is 5.32 Å². The van der Waals surface area contributed by atoms with Crippen molar-refractivity contribution in [2.45, 2.75) is 38.1 Å². The van der Waals surface area contributed by atoms with Gasteiger partial charge in [-0.2, -0.15) is 0 Å². The lowest BCUT2D eigenvalue weighted by Crippen LogP contribution is -2.46. The van der Waals surface area contributed by atoms with Crippen LogP contribution in [0.1, 0.15) is 37.7 Å². The van der Waals surface area contributed by atoms with E-state index in [4.69, 9.17) is 5.11 Å². The zero-order chi connectivity index (χ0) is 13.8. The van der Waals surface area contributed by atoms with E-state index in [-0.39, 0.29) is 23.8 Å². The molecule has 19 heavy (non-hydrogen) atoms. The van der Waals surface area contributed by atoms with Gasteiger partial charge in [-0.25, -0.2) is 0 Å². The van der Waals surface area contributed by atoms with Crippen LogP contribution in [0.5, 0.6) is 0 Å². The SMILES string of the molecule is CC(CC(=O)NC1CC(C(=O)O)C1)c1ccccc1. The standard InChI is InChI=1S/C15H19NO3/c1-10(11-5-3-2-4-6-11)7-14(17)16-13-8-12(9-13)15(18)19/h2-6,10,12-13H,7-9H2,1H3,(H,16,17)(H,18,19). The van der Waals surface area contributed by atoms with Crippen molar-refractivity contribution in [2.75, 3.05) is 0 Å². The fourth-order valence-electron chi connectivity index (χ4n) is 2.40. The Hall–Kier alpha value is -1.84. The Morgan fingerprint density at radius 3 is 2.53 bits per heavy atom. The number of carbonyl (C=O) groups is 2. The number of amides is 1. The number of aliphatic carboxylic acids is 1. The maximum absolute atomic E-state index is 11.8. The number of rotatable bonds is 5. The molecule has 1 aliphatic rings. The van der Waals surface area contributed by atoms with Crippen molar-refractivity contribution in [2.24, 2.45) is 5.92 Å². The predicted octanol–water partition coefficient (Wildman–Crippen LogP) is 2.16. The Morgan fingerprint density at radius 2 is 1.95 bits per heavy atom. The summed E-state index contributed by atoms with van der Waals surface area (Å²) >= 11 is 0. The molecule has 1 atom stereocenters. The van der Waals surface area contributed by atoms with Crippen molar-refractivity contribution in [3.05, 3.63) is 35.9 Å². The highest BCUT2D eigenvalue weighted by Crippen LogP contribution is 2.28. The van der Waals surface area contributed by atoms with Crippen LogP contribution in [0.4, 0.5) is 0 Å². The first-order chi connectivity index (χ1) is 9.06. The van der Waals surface area contributed by atoms with Crippen molar-refractivity contribution in [3.8, 4) is 0 Å². The summed E-state index contributed by atoms with van der Waals surface area (Å²) in [5.74, 6) is -0.860. The first-order valence-electron chi connectivity index (χ1n) is 6.63. The minimum absolute atomic E-state index is 0.00481. The quantitative estimate of drug-likeness (QED) is 0.853. The van der Waals surface area contributed by atoms with E-state index in [0.717, 1.165) is 5.56 Å². The van der Waals surface area contributed by atoms with Gasteiger partial charge in [0.2, 0.25) is 5.91 Å². The maximum atomic E-state index is 11.8. The van der Waals surface area contributed by atoms with Crippen molar-refractivity contribution in [1.82, 2.24) is 5.32 Å². The summed E-state index contributed by atoms with van der Waals surface area (Å²) in [4.78, 5) is 22.5. The zero-order valence-electron chi connectivity index (χ0n) is 11.0. The van der Waals surface area contributed by atoms with Gasteiger partial charge in [0.15, 0.2) is 0 Å². The predicted molar refractivity (Wildman–Crippen MR) is 71.8 cm³/mol. The van der Waals surface area contributed by atoms with Gasteiger partial charge in [0.25, 0.3) is 0 Å². The molecule has 4 nitrogen and oxygen atoms in total. The van der Waals surface area contributed by atoms with Crippen LogP contribution < -0.4 is 5.32 Å². The fourth-order valence-corrected chi connectivity index (χ4v) is 2.40. The number of hydrogen-bond acceptors (Lipinski definition) is 2. The van der Waals surface area contributed by atoms with Crippen molar-refractivity contribution in [3.63, 3.8) is 0 Å². The van der Waals surface area contributed by atoms with Crippen LogP contribution in [-0.4, -0.2) is 23.0 Å². The van der Waals surface area contributed by atoms with Gasteiger partial charge in [-0.1, -0.05) is 37.3 Å². The van der Waals surface area contributed by atoms with E-state index in [1.165, 1.54) is 0 Å². The first-order valence-corrected chi connectivity index (χ1v) is 6.63. The second-order valence-corrected chi connectivity index (χ2v) is 5.29. The smallest absolute Gasteiger partial charge is 0.306 e. The Labute approximate surface area is 112 Å². The highest BCUT2D eigenvalue weighted by Gasteiger charge is 2.35. The van der Waals surface area contributed by atoms with E-state index >= 15 is 0 Å². The monoisotopic (exact) mass is 261 g/mol. The normalized spacial score (nSPS) is 23.2. The van der Waals surface area contributed by atoms with Crippen LogP contribution in [0.2, 0.25) is 0 Å². The maximum Gasteiger partial charge on any atom is 0.306 e. The van der Waals surface area contributed by atoms with Gasteiger partial charge in [-0.15, -0.1) is 0 Å². The zero-order valence-corrected chi connectivity index (χ0v) is 11.0. The summed E-state index contributed by atoms with van der Waals surface area (Å²) in [5.41, 5.74) is 1.15. The molecule has 0 heterocycles. The third-order valence-electron chi connectivity index (χ3n) is 3.71. The summed E-state index contributed by atoms with van der Waals surface area (Å²) < 4.78 is 0. The Kier molecular flexibility index (Phi) is 4.20. The van der Waals surface area contributed by atoms with Gasteiger partial charge >= 0.3 is 5.97 Å². The summed E-state index contributed by atoms with van der Waals surface area (Å²) in [6.45, 7) is 2.02. The van der Waals surface area contributed by atoms with Gasteiger partial charge in [0, 0.05) is 12.5 Å². The molecular weight excluding hydrogens is 242 g/mol. The van der Waals surface area contributed by atoms with Gasteiger partial charge in [-0.05, 0) is 24.3 Å². The van der Waals surface area contributed by atoms with Gasteiger partial charge in [0.1, 0.15) is 0 Å². The summed E-state index contributed by atoms with van der Waals surface area (Å²) in [7, 11) is 0. The van der Waals surface area contributed by atoms with E-state index in [1.54, 1.807) is 0 Å². The number of benzene rings is 1. The van der Waals surface area contributed by atoms with Crippen LogP contribution in [0.15, 0.2) is 30.3 Å². The molecule has 0 radical (unpaired) electrons. The molecule has 1 aromatic rings. The highest BCUT2D eigenvalue weighted by atomic mass is 16.4. The molecule has 4 heteroatoms. The minimum atomic E-state index is -0.761. The molecule has 0 aliphatic heterocycles. The molecule has 0 aromatic heterocycles. The number of hydrogen-bond donors (Lipinski definition) is 2. The van der Waals surface area contributed by atoms with Gasteiger partial charge in [0.05, 0.1) is 5.92 Å². The molecule has 1 saturated carbocycles. The van der Waals surface area contributed by atoms with Gasteiger partial charge < -0.3 is 10.4 Å². The first kappa shape index (κ1) is 13.6. The number of carbonyl (C=O) groups excluding carboxylic acids is 1. The Morgan fingerprint density at radius 1 is 1.32 bits per heavy atom. The molecule has 1 aromatic carbocycles. The molecule has 0 saturated heterocycles. The van der Waals surface area contributed by atoms with E-state index < -0.39 is 5.97 Å². The van der Waals surface area contributed by atoms with Crippen molar-refractivity contribution < 1.29 is 14.7 Å². The Bertz CT molecular complexity index is 452. The fraction of sp³-hybridized carbons (Fsp3) is 0.467. The molecule has 1 fully saturated rings. The topological polar surface area (TPSA) is 66.4 Å². The molecule has 102 valence electrons. The molecule has 1 aliphatic carbocycles. The largest absolute Gasteiger partial charge is 0.481 e. The van der Waals surface area contributed by atoms with Crippen LogP contribution in [0.3, 0.4) is 0 Å². The van der Waals surface area contributed by atoms with E-state index in [1.807, 2.05) is 37.3 Å². The summed E-state index contributed by atoms with van der Waals surface area (Å²) in [5, 5.41) is 11.7. The second-order valence-electron chi connectivity index (χ2n) is 5.29. The van der Waals surface area contributed by atoms with Crippen LogP contribution in [-0.2, 0) is 9.59 Å². The second kappa shape index (κ2) is 5.87. The number of carboxylic acid groups (broad SMARTS) is 1. The highest BCUT2D eigenvalue weighted by molar-refractivity contribution is 5.78. The molecule has 1 unspecified atom stereocenters. The lowest BCUT2D eigenvalue weighted by Gasteiger charge is -2.33. The van der Waals surface area contributed by atoms with E-state index in [9.17, 15) is 9.59 Å². The van der Waals surface area contributed by atoms with Crippen molar-refractivity contribution >= 4 is 11.9 Å². The molecule has 0 spiro atoms. The molecule has 2 rings (SSSR count). The molecule has 2 N–H and O–H groups in total. The van der Waals surface area contributed by atoms with Crippen LogP contribution in [0, 0.1) is 5.92 Å². The molecule has 1 amide bonds. The summed E-state index contributed by atoms with van der Waals surface area (Å²) in [6.07, 6.45) is 1.56. The third-order valence-corrected chi connectivity index (χ3v) is 3.71. The minimum Gasteiger partial charge on any atom is -0.481 e. The van der Waals surface area contributed by atoms with Crippen molar-refractivity contribution in [1.29, 1.82) is 0 Å². The summed E-state index contributed by atoms with van der Waals surface area (Å²) in [6, 6.07) is 9.96.